The van der Waals surface area contributed by atoms with E-state index in [1.54, 1.807) is 0 Å². The zero-order valence-corrected chi connectivity index (χ0v) is 12.1. The molecule has 1 nitrogen and oxygen atoms in total. The van der Waals surface area contributed by atoms with E-state index in [2.05, 4.69) is 38.1 Å². The largest absolute Gasteiger partial charge is 0.197 e. The molecule has 1 heteroatoms. The molecule has 0 aliphatic heterocycles. The van der Waals surface area contributed by atoms with Crippen LogP contribution in [0.3, 0.4) is 0 Å². The summed E-state index contributed by atoms with van der Waals surface area (Å²) >= 11 is 0. The molecule has 0 aromatic heterocycles. The van der Waals surface area contributed by atoms with E-state index in [4.69, 9.17) is 0 Å². The summed E-state index contributed by atoms with van der Waals surface area (Å²) in [4.78, 5) is 0. The lowest BCUT2D eigenvalue weighted by atomic mass is 9.47. The van der Waals surface area contributed by atoms with Gasteiger partial charge >= 0.3 is 0 Å². The standard InChI is InChI=1S/C18H23N/c1-14-6-7-16(10-15(14)2)18(13-19)11-17(12-18)8-4-3-5-9-17/h6-7,10H,3-5,8-9,11-12H2,1-2H3. The molecule has 0 heterocycles. The molecule has 0 unspecified atom stereocenters. The number of nitriles is 1. The van der Waals surface area contributed by atoms with Gasteiger partial charge in [-0.25, -0.2) is 0 Å². The maximum absolute atomic E-state index is 9.71. The molecule has 0 N–H and O–H groups in total. The van der Waals surface area contributed by atoms with Crippen molar-refractivity contribution in [2.24, 2.45) is 5.41 Å². The molecule has 2 aliphatic rings. The van der Waals surface area contributed by atoms with Gasteiger partial charge < -0.3 is 0 Å². The fourth-order valence-corrected chi connectivity index (χ4v) is 4.27. The highest BCUT2D eigenvalue weighted by molar-refractivity contribution is 5.42. The van der Waals surface area contributed by atoms with E-state index in [0.29, 0.717) is 5.41 Å². The Balaban J connectivity index is 1.86. The Hall–Kier alpha value is -1.29. The van der Waals surface area contributed by atoms with Crippen LogP contribution in [0.2, 0.25) is 0 Å². The van der Waals surface area contributed by atoms with Crippen LogP contribution in [0.1, 0.15) is 61.6 Å². The molecule has 0 amide bonds. The van der Waals surface area contributed by atoms with Crippen LogP contribution in [0, 0.1) is 30.6 Å². The lowest BCUT2D eigenvalue weighted by molar-refractivity contribution is 0.0168. The quantitative estimate of drug-likeness (QED) is 0.704. The number of hydrogen-bond acceptors (Lipinski definition) is 1. The van der Waals surface area contributed by atoms with Gasteiger partial charge in [0.05, 0.1) is 11.5 Å². The molecule has 0 saturated heterocycles. The first kappa shape index (κ1) is 12.7. The van der Waals surface area contributed by atoms with Crippen molar-refractivity contribution in [1.29, 1.82) is 5.26 Å². The van der Waals surface area contributed by atoms with Gasteiger partial charge in [0.1, 0.15) is 0 Å². The summed E-state index contributed by atoms with van der Waals surface area (Å²) in [5, 5.41) is 9.71. The highest BCUT2D eigenvalue weighted by atomic mass is 14.6. The molecule has 1 aromatic carbocycles. The molecule has 1 spiro atoms. The topological polar surface area (TPSA) is 23.8 Å². The van der Waals surface area contributed by atoms with Crippen molar-refractivity contribution in [3.63, 3.8) is 0 Å². The van der Waals surface area contributed by atoms with Gasteiger partial charge in [-0.15, -0.1) is 0 Å². The van der Waals surface area contributed by atoms with E-state index < -0.39 is 0 Å². The van der Waals surface area contributed by atoms with Crippen LogP contribution in [0.15, 0.2) is 18.2 Å². The van der Waals surface area contributed by atoms with E-state index in [9.17, 15) is 5.26 Å². The van der Waals surface area contributed by atoms with Gasteiger partial charge in [-0.1, -0.05) is 37.5 Å². The number of benzene rings is 1. The third-order valence-electron chi connectivity index (χ3n) is 5.54. The Bertz CT molecular complexity index is 521. The Kier molecular flexibility index (Phi) is 2.93. The van der Waals surface area contributed by atoms with Crippen LogP contribution in [0.25, 0.3) is 0 Å². The molecule has 19 heavy (non-hydrogen) atoms. The Labute approximate surface area is 116 Å². The van der Waals surface area contributed by atoms with E-state index in [-0.39, 0.29) is 5.41 Å². The summed E-state index contributed by atoms with van der Waals surface area (Å²) in [6.07, 6.45) is 9.02. The number of hydrogen-bond donors (Lipinski definition) is 0. The third kappa shape index (κ3) is 1.98. The van der Waals surface area contributed by atoms with Gasteiger partial charge in [-0.05, 0) is 61.6 Å². The Morgan fingerprint density at radius 1 is 1.00 bits per heavy atom. The molecule has 2 aliphatic carbocycles. The fraction of sp³-hybridized carbons (Fsp3) is 0.611. The Morgan fingerprint density at radius 2 is 1.68 bits per heavy atom. The normalized spacial score (nSPS) is 23.6. The average molecular weight is 253 g/mol. The maximum Gasteiger partial charge on any atom is 0.0833 e. The van der Waals surface area contributed by atoms with Gasteiger partial charge in [-0.2, -0.15) is 5.26 Å². The monoisotopic (exact) mass is 253 g/mol. The van der Waals surface area contributed by atoms with Crippen molar-refractivity contribution in [3.05, 3.63) is 34.9 Å². The van der Waals surface area contributed by atoms with E-state index >= 15 is 0 Å². The van der Waals surface area contributed by atoms with E-state index in [1.165, 1.54) is 48.8 Å². The predicted octanol–water partition coefficient (Wildman–Crippen LogP) is 4.81. The molecule has 0 atom stereocenters. The first-order valence-corrected chi connectivity index (χ1v) is 7.58. The summed E-state index contributed by atoms with van der Waals surface area (Å²) in [6.45, 7) is 4.29. The minimum atomic E-state index is -0.185. The summed E-state index contributed by atoms with van der Waals surface area (Å²) in [5.74, 6) is 0. The molecule has 100 valence electrons. The molecule has 3 rings (SSSR count). The lowest BCUT2D eigenvalue weighted by Crippen LogP contribution is -2.49. The molecule has 2 saturated carbocycles. The summed E-state index contributed by atoms with van der Waals surface area (Å²) < 4.78 is 0. The van der Waals surface area contributed by atoms with Crippen molar-refractivity contribution in [3.8, 4) is 6.07 Å². The highest BCUT2D eigenvalue weighted by Gasteiger charge is 2.55. The summed E-state index contributed by atoms with van der Waals surface area (Å²) in [7, 11) is 0. The van der Waals surface area contributed by atoms with Gasteiger partial charge in [0.25, 0.3) is 0 Å². The van der Waals surface area contributed by atoms with Crippen LogP contribution in [-0.4, -0.2) is 0 Å². The van der Waals surface area contributed by atoms with Crippen LogP contribution in [0.5, 0.6) is 0 Å². The second-order valence-electron chi connectivity index (χ2n) is 6.91. The molecular formula is C18H23N. The SMILES string of the molecule is Cc1ccc(C2(C#N)CC3(CCCCC3)C2)cc1C. The zero-order valence-electron chi connectivity index (χ0n) is 12.1. The first-order valence-electron chi connectivity index (χ1n) is 7.58. The van der Waals surface area contributed by atoms with E-state index in [0.717, 1.165) is 12.8 Å². The second kappa shape index (κ2) is 4.37. The van der Waals surface area contributed by atoms with Gasteiger partial charge in [-0.3, -0.25) is 0 Å². The van der Waals surface area contributed by atoms with Gasteiger partial charge in [0.2, 0.25) is 0 Å². The minimum absolute atomic E-state index is 0.185. The second-order valence-corrected chi connectivity index (χ2v) is 6.91. The number of aryl methyl sites for hydroxylation is 2. The minimum Gasteiger partial charge on any atom is -0.197 e. The first-order chi connectivity index (χ1) is 9.09. The van der Waals surface area contributed by atoms with Crippen molar-refractivity contribution in [2.45, 2.75) is 64.2 Å². The Morgan fingerprint density at radius 3 is 2.26 bits per heavy atom. The zero-order chi connectivity index (χ0) is 13.5. The van der Waals surface area contributed by atoms with Gasteiger partial charge in [0.15, 0.2) is 0 Å². The summed E-state index contributed by atoms with van der Waals surface area (Å²) in [6, 6.07) is 9.25. The maximum atomic E-state index is 9.71. The van der Waals surface area contributed by atoms with Crippen molar-refractivity contribution in [1.82, 2.24) is 0 Å². The van der Waals surface area contributed by atoms with Crippen LogP contribution >= 0.6 is 0 Å². The molecule has 1 aromatic rings. The summed E-state index contributed by atoms with van der Waals surface area (Å²) in [5.41, 5.74) is 4.22. The highest BCUT2D eigenvalue weighted by Crippen LogP contribution is 2.61. The van der Waals surface area contributed by atoms with Crippen molar-refractivity contribution >= 4 is 0 Å². The molecule has 0 radical (unpaired) electrons. The van der Waals surface area contributed by atoms with Gasteiger partial charge in [0, 0.05) is 0 Å². The fourth-order valence-electron chi connectivity index (χ4n) is 4.27. The average Bonchev–Trinajstić information content (AvgIpc) is 2.40. The number of nitrogens with zero attached hydrogens (tertiary/aromatic N) is 1. The van der Waals surface area contributed by atoms with Crippen LogP contribution in [0.4, 0.5) is 0 Å². The van der Waals surface area contributed by atoms with Crippen molar-refractivity contribution < 1.29 is 0 Å². The number of rotatable bonds is 1. The lowest BCUT2D eigenvalue weighted by Gasteiger charge is -2.55. The smallest absolute Gasteiger partial charge is 0.0833 e. The molecule has 2 fully saturated rings. The van der Waals surface area contributed by atoms with Crippen LogP contribution in [-0.2, 0) is 5.41 Å². The van der Waals surface area contributed by atoms with Crippen molar-refractivity contribution in [2.75, 3.05) is 0 Å². The van der Waals surface area contributed by atoms with Crippen LogP contribution < -0.4 is 0 Å². The molecule has 0 bridgehead atoms. The van der Waals surface area contributed by atoms with E-state index in [1.807, 2.05) is 0 Å². The predicted molar refractivity (Wildman–Crippen MR) is 78.0 cm³/mol. The molecular weight excluding hydrogens is 230 g/mol. The third-order valence-corrected chi connectivity index (χ3v) is 5.54.